The highest BCUT2D eigenvalue weighted by Crippen LogP contribution is 2.54. The lowest BCUT2D eigenvalue weighted by Gasteiger charge is -2.31. The summed E-state index contributed by atoms with van der Waals surface area (Å²) in [5, 5.41) is 12.4. The molecule has 3 amide bonds. The van der Waals surface area contributed by atoms with Gasteiger partial charge in [0.2, 0.25) is 11.8 Å². The van der Waals surface area contributed by atoms with Crippen molar-refractivity contribution < 1.29 is 24.2 Å². The quantitative estimate of drug-likeness (QED) is 0.186. The number of halogens is 2. The van der Waals surface area contributed by atoms with E-state index in [4.69, 9.17) is 16.3 Å². The van der Waals surface area contributed by atoms with E-state index in [2.05, 4.69) is 26.2 Å². The second-order valence-electron chi connectivity index (χ2n) is 9.30. The van der Waals surface area contributed by atoms with Crippen molar-refractivity contribution in [3.05, 3.63) is 96.3 Å². The highest BCUT2D eigenvalue weighted by molar-refractivity contribution is 9.10. The summed E-state index contributed by atoms with van der Waals surface area (Å²) >= 11 is 11.7. The molecule has 6 rings (SSSR count). The first kappa shape index (κ1) is 27.6. The number of imide groups is 1. The third kappa shape index (κ3) is 5.28. The van der Waals surface area contributed by atoms with E-state index in [1.54, 1.807) is 54.6 Å². The summed E-state index contributed by atoms with van der Waals surface area (Å²) < 4.78 is 6.66. The molecule has 208 valence electrons. The number of carbonyl (C=O) groups is 3. The van der Waals surface area contributed by atoms with Crippen LogP contribution in [0.2, 0.25) is 5.02 Å². The van der Waals surface area contributed by atoms with Gasteiger partial charge in [0.05, 0.1) is 16.6 Å². The van der Waals surface area contributed by atoms with Crippen LogP contribution >= 0.6 is 50.6 Å². The Morgan fingerprint density at radius 3 is 2.51 bits per heavy atom. The molecule has 3 heterocycles. The Bertz CT molecular complexity index is 1740. The first-order valence-electron chi connectivity index (χ1n) is 12.2. The van der Waals surface area contributed by atoms with Crippen molar-refractivity contribution in [3.63, 3.8) is 0 Å². The molecule has 1 fully saturated rings. The number of ether oxygens (including phenoxy) is 1. The van der Waals surface area contributed by atoms with E-state index in [1.807, 2.05) is 0 Å². The number of hydrogen-bond donors (Lipinski definition) is 3. The summed E-state index contributed by atoms with van der Waals surface area (Å²) in [6, 6.07) is 17.7. The predicted molar refractivity (Wildman–Crippen MR) is 160 cm³/mol. The van der Waals surface area contributed by atoms with Crippen LogP contribution in [0.25, 0.3) is 0 Å². The topological polar surface area (TPSA) is 129 Å². The third-order valence-corrected chi connectivity index (χ3v) is 9.87. The molecule has 4 aromatic rings. The fourth-order valence-corrected chi connectivity index (χ4v) is 7.99. The second kappa shape index (κ2) is 11.0. The van der Waals surface area contributed by atoms with Crippen LogP contribution in [0.5, 0.6) is 11.5 Å². The minimum atomic E-state index is -0.829. The average molecular weight is 673 g/mol. The van der Waals surface area contributed by atoms with E-state index in [0.717, 1.165) is 11.3 Å². The highest BCUT2D eigenvalue weighted by atomic mass is 79.9. The number of amides is 3. The van der Waals surface area contributed by atoms with Crippen LogP contribution in [0.1, 0.15) is 16.4 Å². The number of H-pyrrole nitrogens is 1. The van der Waals surface area contributed by atoms with Gasteiger partial charge in [-0.15, -0.1) is 0 Å². The van der Waals surface area contributed by atoms with Gasteiger partial charge in [0.25, 0.3) is 5.91 Å². The van der Waals surface area contributed by atoms with Crippen molar-refractivity contribution in [3.8, 4) is 11.5 Å². The van der Waals surface area contributed by atoms with Crippen molar-refractivity contribution >= 4 is 79.7 Å². The molecular weight excluding hydrogens is 654 g/mol. The van der Waals surface area contributed by atoms with Crippen LogP contribution in [0.4, 0.5) is 11.4 Å². The summed E-state index contributed by atoms with van der Waals surface area (Å²) in [6.45, 7) is -0.342. The number of nitrogens with zero attached hydrogens (tertiary/aromatic N) is 1. The van der Waals surface area contributed by atoms with E-state index in [1.165, 1.54) is 28.8 Å². The van der Waals surface area contributed by atoms with Gasteiger partial charge < -0.3 is 20.1 Å². The minimum absolute atomic E-state index is 0.0729. The van der Waals surface area contributed by atoms with Gasteiger partial charge in [-0.3, -0.25) is 19.2 Å². The van der Waals surface area contributed by atoms with Crippen LogP contribution in [0, 0.1) is 5.92 Å². The smallest absolute Gasteiger partial charge is 0.305 e. The number of thiazole rings is 1. The number of aromatic amines is 1. The zero-order valence-electron chi connectivity index (χ0n) is 20.8. The molecule has 0 radical (unpaired) electrons. The van der Waals surface area contributed by atoms with Crippen molar-refractivity contribution in [2.45, 2.75) is 16.2 Å². The van der Waals surface area contributed by atoms with Gasteiger partial charge in [-0.05, 0) is 66.7 Å². The van der Waals surface area contributed by atoms with Crippen molar-refractivity contribution in [1.82, 2.24) is 4.98 Å². The second-order valence-corrected chi connectivity index (χ2v) is 12.8. The maximum atomic E-state index is 14.0. The normalized spacial score (nSPS) is 19.6. The van der Waals surface area contributed by atoms with E-state index < -0.39 is 28.9 Å². The standard InChI is InChI=1S/C28H19BrClN3O6S2/c29-13-1-10-19(39-12-20(35)31-15-4-8-17(34)9-5-15)18(11-13)21-22-24(40-25-23(21)41-28(38)32-25)27(37)33(26(22)36)16-6-2-14(30)3-7-16/h1-11,21-22,24,34H,12H2,(H,31,35)(H,32,38)/t21-,22?,24?/m1/s1. The largest absolute Gasteiger partial charge is 0.508 e. The molecule has 3 aromatic carbocycles. The van der Waals surface area contributed by atoms with Gasteiger partial charge in [0, 0.05) is 31.5 Å². The highest BCUT2D eigenvalue weighted by Gasteiger charge is 2.56. The summed E-state index contributed by atoms with van der Waals surface area (Å²) in [7, 11) is 0. The number of anilines is 2. The summed E-state index contributed by atoms with van der Waals surface area (Å²) in [5.74, 6) is -2.34. The van der Waals surface area contributed by atoms with Crippen LogP contribution in [0.3, 0.4) is 0 Å². The monoisotopic (exact) mass is 671 g/mol. The molecule has 2 aliphatic heterocycles. The molecule has 0 bridgehead atoms. The van der Waals surface area contributed by atoms with Gasteiger partial charge in [-0.25, -0.2) is 4.90 Å². The van der Waals surface area contributed by atoms with Crippen molar-refractivity contribution in [2.24, 2.45) is 5.92 Å². The minimum Gasteiger partial charge on any atom is -0.508 e. The van der Waals surface area contributed by atoms with Gasteiger partial charge in [0.1, 0.15) is 16.7 Å². The number of thioether (sulfide) groups is 1. The molecule has 2 unspecified atom stereocenters. The maximum Gasteiger partial charge on any atom is 0.305 e. The third-order valence-electron chi connectivity index (χ3n) is 6.73. The fourth-order valence-electron chi connectivity index (χ4n) is 4.98. The van der Waals surface area contributed by atoms with Crippen LogP contribution in [-0.4, -0.2) is 39.7 Å². The number of benzene rings is 3. The molecule has 0 spiro atoms. The molecule has 1 saturated heterocycles. The Labute approximate surface area is 254 Å². The van der Waals surface area contributed by atoms with Gasteiger partial charge in [-0.2, -0.15) is 0 Å². The Morgan fingerprint density at radius 2 is 1.78 bits per heavy atom. The molecule has 41 heavy (non-hydrogen) atoms. The Balaban J connectivity index is 1.36. The lowest BCUT2D eigenvalue weighted by molar-refractivity contribution is -0.122. The van der Waals surface area contributed by atoms with Gasteiger partial charge >= 0.3 is 4.87 Å². The van der Waals surface area contributed by atoms with E-state index >= 15 is 0 Å². The molecule has 0 saturated carbocycles. The van der Waals surface area contributed by atoms with E-state index in [0.29, 0.717) is 42.1 Å². The number of carbonyl (C=O) groups excluding carboxylic acids is 3. The number of aromatic hydroxyl groups is 1. The number of nitrogens with one attached hydrogen (secondary N) is 2. The number of phenolic OH excluding ortho intramolecular Hbond substituents is 1. The number of aromatic nitrogens is 1. The Kier molecular flexibility index (Phi) is 7.41. The number of fused-ring (bicyclic) bond motifs is 2. The molecular formula is C28H19BrClN3O6S2. The van der Waals surface area contributed by atoms with Crippen LogP contribution < -0.4 is 19.8 Å². The maximum absolute atomic E-state index is 14.0. The van der Waals surface area contributed by atoms with Crippen LogP contribution in [-0.2, 0) is 14.4 Å². The Hall–Kier alpha value is -3.58. The van der Waals surface area contributed by atoms with Crippen molar-refractivity contribution in [2.75, 3.05) is 16.8 Å². The molecule has 9 nitrogen and oxygen atoms in total. The fraction of sp³-hybridized carbons (Fsp3) is 0.143. The summed E-state index contributed by atoms with van der Waals surface area (Å²) in [6.07, 6.45) is 0. The van der Waals surface area contributed by atoms with Crippen LogP contribution in [0.15, 0.2) is 81.0 Å². The SMILES string of the molecule is O=C(COc1ccc(Br)cc1[C@H]1c2sc(=O)[nH]c2SC2C(=O)N(c3ccc(Cl)cc3)C(=O)C21)Nc1ccc(O)cc1. The number of phenols is 1. The first-order chi connectivity index (χ1) is 19.7. The molecule has 3 N–H and O–H groups in total. The van der Waals surface area contributed by atoms with Gasteiger partial charge in [-0.1, -0.05) is 50.6 Å². The molecule has 3 atom stereocenters. The summed E-state index contributed by atoms with van der Waals surface area (Å²) in [5.41, 5.74) is 1.45. The number of rotatable bonds is 6. The van der Waals surface area contributed by atoms with E-state index in [9.17, 15) is 24.3 Å². The molecule has 1 aromatic heterocycles. The van der Waals surface area contributed by atoms with E-state index in [-0.39, 0.29) is 23.1 Å². The van der Waals surface area contributed by atoms with Gasteiger partial charge in [0.15, 0.2) is 6.61 Å². The first-order valence-corrected chi connectivity index (χ1v) is 15.1. The molecule has 2 aliphatic rings. The number of hydrogen-bond acceptors (Lipinski definition) is 8. The summed E-state index contributed by atoms with van der Waals surface area (Å²) in [4.78, 5) is 57.0. The lowest BCUT2D eigenvalue weighted by atomic mass is 9.82. The zero-order chi connectivity index (χ0) is 28.8. The van der Waals surface area contributed by atoms with Crippen molar-refractivity contribution in [1.29, 1.82) is 0 Å². The average Bonchev–Trinajstić information content (AvgIpc) is 3.44. The zero-order valence-corrected chi connectivity index (χ0v) is 24.8. The lowest BCUT2D eigenvalue weighted by Crippen LogP contribution is -2.32. The molecule has 13 heteroatoms. The molecule has 0 aliphatic carbocycles. The Morgan fingerprint density at radius 1 is 1.05 bits per heavy atom. The predicted octanol–water partition coefficient (Wildman–Crippen LogP) is 5.37.